The smallest absolute Gasteiger partial charge is 0.459 e. The van der Waals surface area contributed by atoms with Gasteiger partial charge in [-0.1, -0.05) is 18.2 Å². The van der Waals surface area contributed by atoms with Crippen LogP contribution in [-0.2, 0) is 28.2 Å². The monoisotopic (exact) mass is 531 g/mol. The second-order valence-corrected chi connectivity index (χ2v) is 10.6. The van der Waals surface area contributed by atoms with Crippen LogP contribution in [0.4, 0.5) is 9.18 Å². The van der Waals surface area contributed by atoms with Gasteiger partial charge in [-0.15, -0.1) is 0 Å². The van der Waals surface area contributed by atoms with E-state index in [0.29, 0.717) is 0 Å². The Balaban J connectivity index is 1.74. The maximum atomic E-state index is 15.5. The molecule has 6 atom stereocenters. The molecule has 0 aliphatic carbocycles. The lowest BCUT2D eigenvalue weighted by atomic mass is 9.97. The van der Waals surface area contributed by atoms with Crippen LogP contribution in [0.2, 0.25) is 0 Å². The summed E-state index contributed by atoms with van der Waals surface area (Å²) in [5, 5.41) is 15.1. The number of urea groups is 1. The van der Waals surface area contributed by atoms with Crippen molar-refractivity contribution in [1.29, 1.82) is 0 Å². The molecule has 3 N–H and O–H groups in total. The number of rotatable bonds is 10. The number of carbonyl (C=O) groups is 3. The first-order chi connectivity index (χ1) is 16.8. The van der Waals surface area contributed by atoms with Crippen molar-refractivity contribution in [3.8, 4) is 5.75 Å². The highest BCUT2D eigenvalue weighted by Gasteiger charge is 2.58. The number of hydrogen-bond acceptors (Lipinski definition) is 9. The number of benzene rings is 1. The first kappa shape index (κ1) is 28.0. The molecule has 2 fully saturated rings. The van der Waals surface area contributed by atoms with Gasteiger partial charge in [-0.25, -0.2) is 13.8 Å². The maximum absolute atomic E-state index is 15.5. The summed E-state index contributed by atoms with van der Waals surface area (Å²) in [6, 6.07) is 6.04. The molecule has 5 unspecified atom stereocenters. The summed E-state index contributed by atoms with van der Waals surface area (Å²) < 4.78 is 50.7. The zero-order valence-electron chi connectivity index (χ0n) is 20.4. The minimum absolute atomic E-state index is 0.0622. The maximum Gasteiger partial charge on any atom is 0.459 e. The van der Waals surface area contributed by atoms with Gasteiger partial charge >= 0.3 is 19.7 Å². The molecule has 2 heterocycles. The second kappa shape index (κ2) is 11.2. The van der Waals surface area contributed by atoms with Gasteiger partial charge in [0.15, 0.2) is 11.9 Å². The number of aliphatic hydroxyl groups excluding tert-OH is 1. The number of hydrogen-bond donors (Lipinski definition) is 3. The van der Waals surface area contributed by atoms with Crippen LogP contribution in [0.5, 0.6) is 5.75 Å². The lowest BCUT2D eigenvalue weighted by Crippen LogP contribution is -2.59. The molecule has 0 spiro atoms. The number of ether oxygens (including phenoxy) is 2. The highest BCUT2D eigenvalue weighted by molar-refractivity contribution is 7.52. The van der Waals surface area contributed by atoms with E-state index in [1.165, 1.54) is 19.1 Å². The number of halogens is 1. The number of imide groups is 1. The van der Waals surface area contributed by atoms with E-state index in [2.05, 4.69) is 10.4 Å². The number of nitrogens with one attached hydrogen (secondary N) is 2. The Morgan fingerprint density at radius 2 is 2.00 bits per heavy atom. The number of para-hydroxylation sites is 1. The van der Waals surface area contributed by atoms with Crippen molar-refractivity contribution < 1.29 is 47.0 Å². The molecule has 0 saturated carbocycles. The lowest BCUT2D eigenvalue weighted by Gasteiger charge is -2.35. The van der Waals surface area contributed by atoms with Gasteiger partial charge in [0, 0.05) is 13.0 Å². The number of carbonyl (C=O) groups excluding carboxylic acids is 3. The van der Waals surface area contributed by atoms with E-state index < -0.39 is 68.5 Å². The molecule has 0 bridgehead atoms. The third-order valence-corrected chi connectivity index (χ3v) is 7.17. The Morgan fingerprint density at radius 3 is 2.61 bits per heavy atom. The van der Waals surface area contributed by atoms with Crippen molar-refractivity contribution >= 4 is 25.7 Å². The van der Waals surface area contributed by atoms with Crippen LogP contribution < -0.4 is 14.9 Å². The molecule has 200 valence electrons. The summed E-state index contributed by atoms with van der Waals surface area (Å²) in [7, 11) is -4.29. The number of amides is 3. The van der Waals surface area contributed by atoms with Crippen molar-refractivity contribution in [3.05, 3.63) is 30.3 Å². The van der Waals surface area contributed by atoms with Crippen LogP contribution in [0, 0.1) is 0 Å². The second-order valence-electron chi connectivity index (χ2n) is 8.95. The van der Waals surface area contributed by atoms with Crippen molar-refractivity contribution in [3.63, 3.8) is 0 Å². The zero-order valence-corrected chi connectivity index (χ0v) is 21.3. The van der Waals surface area contributed by atoms with Crippen LogP contribution in [0.15, 0.2) is 30.3 Å². The first-order valence-electron chi connectivity index (χ1n) is 11.4. The van der Waals surface area contributed by atoms with E-state index in [4.69, 9.17) is 18.5 Å². The van der Waals surface area contributed by atoms with Crippen molar-refractivity contribution in [2.24, 2.45) is 0 Å². The SMILES string of the molecule is CC(C)OC(=O)C(C)NP(=O)(OCC1OC(N2CCC(=O)NC2=O)[C@](C)(F)C1O)Oc1ccccc1. The third-order valence-electron chi connectivity index (χ3n) is 5.52. The number of esters is 1. The fraction of sp³-hybridized carbons (Fsp3) is 0.591. The molecular formula is C22H31FN3O9P. The quantitative estimate of drug-likeness (QED) is 0.301. The average Bonchev–Trinajstić information content (AvgIpc) is 3.01. The summed E-state index contributed by atoms with van der Waals surface area (Å²) >= 11 is 0. The van der Waals surface area contributed by atoms with E-state index in [9.17, 15) is 24.1 Å². The van der Waals surface area contributed by atoms with Crippen LogP contribution >= 0.6 is 7.75 Å². The Kier molecular flexibility index (Phi) is 8.73. The number of nitrogens with zero attached hydrogens (tertiary/aromatic N) is 1. The van der Waals surface area contributed by atoms with E-state index >= 15 is 4.39 Å². The van der Waals surface area contributed by atoms with Crippen LogP contribution in [0.3, 0.4) is 0 Å². The highest BCUT2D eigenvalue weighted by Crippen LogP contribution is 2.46. The Labute approximate surface area is 208 Å². The molecule has 2 saturated heterocycles. The predicted octanol–water partition coefficient (Wildman–Crippen LogP) is 1.88. The average molecular weight is 531 g/mol. The van der Waals surface area contributed by atoms with Gasteiger partial charge in [-0.2, -0.15) is 5.09 Å². The van der Waals surface area contributed by atoms with E-state index in [0.717, 1.165) is 11.8 Å². The molecule has 2 aliphatic rings. The lowest BCUT2D eigenvalue weighted by molar-refractivity contribution is -0.149. The van der Waals surface area contributed by atoms with Gasteiger partial charge in [0.2, 0.25) is 5.91 Å². The Hall–Kier alpha value is -2.57. The number of alkyl halides is 1. The molecule has 36 heavy (non-hydrogen) atoms. The minimum Gasteiger partial charge on any atom is -0.462 e. The fourth-order valence-electron chi connectivity index (χ4n) is 3.70. The largest absolute Gasteiger partial charge is 0.462 e. The molecule has 1 aromatic carbocycles. The Morgan fingerprint density at radius 1 is 1.33 bits per heavy atom. The van der Waals surface area contributed by atoms with Gasteiger partial charge < -0.3 is 19.1 Å². The summed E-state index contributed by atoms with van der Waals surface area (Å²) in [4.78, 5) is 36.8. The third kappa shape index (κ3) is 6.60. The summed E-state index contributed by atoms with van der Waals surface area (Å²) in [5.41, 5.74) is -2.43. The topological polar surface area (TPSA) is 153 Å². The molecule has 0 aromatic heterocycles. The van der Waals surface area contributed by atoms with E-state index in [-0.39, 0.29) is 18.7 Å². The van der Waals surface area contributed by atoms with Gasteiger partial charge in [0.25, 0.3) is 0 Å². The van der Waals surface area contributed by atoms with Gasteiger partial charge in [-0.3, -0.25) is 24.3 Å². The standard InChI is InChI=1S/C22H31FN3O9P/c1-13(2)33-19(29)14(3)25-36(31,35-15-8-6-5-7-9-15)32-12-16-18(28)22(4,23)20(34-16)26-11-10-17(27)24-21(26)30/h5-9,13-14,16,18,20,28H,10-12H2,1-4H3,(H,25,31)(H,24,27,30)/t14?,16?,18?,20?,22-,36?/m1/s1. The van der Waals surface area contributed by atoms with E-state index in [1.807, 2.05) is 0 Å². The van der Waals surface area contributed by atoms with Gasteiger partial charge in [0.05, 0.1) is 12.7 Å². The fourth-order valence-corrected chi connectivity index (χ4v) is 5.20. The number of aliphatic hydroxyl groups is 1. The molecule has 12 nitrogen and oxygen atoms in total. The van der Waals surface area contributed by atoms with Crippen LogP contribution in [0.1, 0.15) is 34.1 Å². The first-order valence-corrected chi connectivity index (χ1v) is 13.0. The summed E-state index contributed by atoms with van der Waals surface area (Å²) in [6.07, 6.45) is -5.14. The van der Waals surface area contributed by atoms with Gasteiger partial charge in [0.1, 0.15) is 24.0 Å². The summed E-state index contributed by atoms with van der Waals surface area (Å²) in [6.45, 7) is 5.04. The molecule has 2 aliphatic heterocycles. The van der Waals surface area contributed by atoms with Crippen molar-refractivity contribution in [2.45, 2.75) is 70.4 Å². The molecule has 3 amide bonds. The van der Waals surface area contributed by atoms with Gasteiger partial charge in [-0.05, 0) is 39.8 Å². The molecule has 1 aromatic rings. The Bertz CT molecular complexity index is 1010. The molecular weight excluding hydrogens is 500 g/mol. The molecule has 0 radical (unpaired) electrons. The highest BCUT2D eigenvalue weighted by atomic mass is 31.2. The zero-order chi connectivity index (χ0) is 26.7. The van der Waals surface area contributed by atoms with Crippen molar-refractivity contribution in [1.82, 2.24) is 15.3 Å². The molecule has 14 heteroatoms. The predicted molar refractivity (Wildman–Crippen MR) is 123 cm³/mol. The van der Waals surface area contributed by atoms with Crippen LogP contribution in [-0.4, -0.2) is 77.3 Å². The van der Waals surface area contributed by atoms with Crippen LogP contribution in [0.25, 0.3) is 0 Å². The normalized spacial score (nSPS) is 29.0. The molecule has 3 rings (SSSR count). The minimum atomic E-state index is -4.29. The van der Waals surface area contributed by atoms with E-state index in [1.54, 1.807) is 32.0 Å². The van der Waals surface area contributed by atoms with Crippen molar-refractivity contribution in [2.75, 3.05) is 13.2 Å². The summed E-state index contributed by atoms with van der Waals surface area (Å²) in [5.74, 6) is -1.05.